The summed E-state index contributed by atoms with van der Waals surface area (Å²) in [7, 11) is 2.22. The van der Waals surface area contributed by atoms with Crippen LogP contribution in [0.4, 0.5) is 5.69 Å². The lowest BCUT2D eigenvalue weighted by atomic mass is 10.1. The van der Waals surface area contributed by atoms with E-state index in [2.05, 4.69) is 93.9 Å². The predicted octanol–water partition coefficient (Wildman–Crippen LogP) is 3.16. The molecule has 0 saturated carbocycles. The van der Waals surface area contributed by atoms with E-state index in [1.807, 2.05) is 0 Å². The largest absolute Gasteiger partial charge is 0.369 e. The molecule has 0 aromatic heterocycles. The zero-order chi connectivity index (χ0) is 22.9. The fraction of sp³-hybridized carbons (Fsp3) is 0.519. The first-order valence-electron chi connectivity index (χ1n) is 12.5. The molecule has 2 saturated heterocycles. The molecule has 2 fully saturated rings. The molecular formula is C27H40N6. The van der Waals surface area contributed by atoms with Crippen molar-refractivity contribution in [2.45, 2.75) is 38.9 Å². The average Bonchev–Trinajstić information content (AvgIpc) is 3.21. The summed E-state index contributed by atoms with van der Waals surface area (Å²) >= 11 is 0. The highest BCUT2D eigenvalue weighted by Crippen LogP contribution is 2.19. The van der Waals surface area contributed by atoms with Gasteiger partial charge in [-0.3, -0.25) is 4.90 Å². The molecule has 0 bridgehead atoms. The first kappa shape index (κ1) is 23.6. The van der Waals surface area contributed by atoms with E-state index in [4.69, 9.17) is 4.99 Å². The molecule has 4 rings (SSSR count). The van der Waals surface area contributed by atoms with Crippen molar-refractivity contribution in [3.05, 3.63) is 65.7 Å². The van der Waals surface area contributed by atoms with E-state index >= 15 is 0 Å². The Bertz CT molecular complexity index is 866. The second-order valence-electron chi connectivity index (χ2n) is 9.36. The van der Waals surface area contributed by atoms with Crippen molar-refractivity contribution in [2.24, 2.45) is 4.99 Å². The van der Waals surface area contributed by atoms with Gasteiger partial charge < -0.3 is 20.4 Å². The number of nitrogens with one attached hydrogen (secondary N) is 2. The molecule has 2 N–H and O–H groups in total. The Morgan fingerprint density at radius 1 is 0.939 bits per heavy atom. The number of rotatable bonds is 7. The van der Waals surface area contributed by atoms with Crippen LogP contribution in [0.5, 0.6) is 0 Å². The molecule has 1 atom stereocenters. The van der Waals surface area contributed by atoms with Crippen molar-refractivity contribution in [3.63, 3.8) is 0 Å². The Hall–Kier alpha value is -2.57. The Morgan fingerprint density at radius 3 is 2.52 bits per heavy atom. The fourth-order valence-corrected chi connectivity index (χ4v) is 4.70. The third-order valence-electron chi connectivity index (χ3n) is 6.66. The minimum atomic E-state index is 0.415. The van der Waals surface area contributed by atoms with Crippen LogP contribution in [-0.2, 0) is 13.1 Å². The lowest BCUT2D eigenvalue weighted by Gasteiger charge is -2.20. The quantitative estimate of drug-likeness (QED) is 0.503. The third kappa shape index (κ3) is 7.21. The maximum absolute atomic E-state index is 4.87. The number of hydrogen-bond acceptors (Lipinski definition) is 4. The molecule has 178 valence electrons. The van der Waals surface area contributed by atoms with Crippen LogP contribution in [0.3, 0.4) is 0 Å². The van der Waals surface area contributed by atoms with Crippen molar-refractivity contribution in [1.82, 2.24) is 20.4 Å². The molecule has 0 aliphatic carbocycles. The number of nitrogens with zero attached hydrogens (tertiary/aromatic N) is 4. The topological polar surface area (TPSA) is 46.1 Å². The van der Waals surface area contributed by atoms with Crippen molar-refractivity contribution < 1.29 is 0 Å². The maximum Gasteiger partial charge on any atom is 0.191 e. The molecule has 2 aromatic rings. The number of likely N-dealkylation sites (N-methyl/N-ethyl adjacent to an activating group) is 1. The van der Waals surface area contributed by atoms with E-state index in [9.17, 15) is 0 Å². The SMILES string of the molecule is CCNC(=NCc1ccc(CN2CCCN(C)CC2)cc1)NC1CCN(c2ccccc2)C1. The number of hydrogen-bond donors (Lipinski definition) is 2. The number of benzene rings is 2. The van der Waals surface area contributed by atoms with Gasteiger partial charge in [0, 0.05) is 51.0 Å². The Kier molecular flexibility index (Phi) is 8.61. The molecule has 0 amide bonds. The number of para-hydroxylation sites is 1. The smallest absolute Gasteiger partial charge is 0.191 e. The van der Waals surface area contributed by atoms with Gasteiger partial charge in [0.1, 0.15) is 0 Å². The van der Waals surface area contributed by atoms with Crippen molar-refractivity contribution in [2.75, 3.05) is 57.8 Å². The lowest BCUT2D eigenvalue weighted by molar-refractivity contribution is 0.269. The lowest BCUT2D eigenvalue weighted by Crippen LogP contribution is -2.44. The van der Waals surface area contributed by atoms with Gasteiger partial charge in [-0.05, 0) is 63.2 Å². The number of guanidine groups is 1. The van der Waals surface area contributed by atoms with Gasteiger partial charge in [-0.1, -0.05) is 42.5 Å². The highest BCUT2D eigenvalue weighted by Gasteiger charge is 2.23. The molecule has 0 spiro atoms. The summed E-state index contributed by atoms with van der Waals surface area (Å²) in [5, 5.41) is 7.07. The molecule has 0 radical (unpaired) electrons. The van der Waals surface area contributed by atoms with Crippen LogP contribution >= 0.6 is 0 Å². The van der Waals surface area contributed by atoms with Crippen LogP contribution in [0.1, 0.15) is 30.9 Å². The highest BCUT2D eigenvalue weighted by molar-refractivity contribution is 5.80. The Labute approximate surface area is 199 Å². The van der Waals surface area contributed by atoms with Crippen LogP contribution < -0.4 is 15.5 Å². The molecule has 2 aromatic carbocycles. The summed E-state index contributed by atoms with van der Waals surface area (Å²) in [5.74, 6) is 0.912. The second-order valence-corrected chi connectivity index (χ2v) is 9.36. The van der Waals surface area contributed by atoms with Crippen molar-refractivity contribution >= 4 is 11.6 Å². The highest BCUT2D eigenvalue weighted by atomic mass is 15.2. The first-order valence-corrected chi connectivity index (χ1v) is 12.5. The first-order chi connectivity index (χ1) is 16.2. The maximum atomic E-state index is 4.87. The summed E-state index contributed by atoms with van der Waals surface area (Å²) < 4.78 is 0. The van der Waals surface area contributed by atoms with Crippen LogP contribution in [0.15, 0.2) is 59.6 Å². The minimum Gasteiger partial charge on any atom is -0.369 e. The fourth-order valence-electron chi connectivity index (χ4n) is 4.70. The summed E-state index contributed by atoms with van der Waals surface area (Å²) in [4.78, 5) is 12.3. The zero-order valence-corrected chi connectivity index (χ0v) is 20.3. The van der Waals surface area contributed by atoms with E-state index in [1.165, 1.54) is 36.3 Å². The molecule has 2 aliphatic rings. The Morgan fingerprint density at radius 2 is 1.73 bits per heavy atom. The summed E-state index contributed by atoms with van der Waals surface area (Å²) in [6, 6.07) is 20.1. The van der Waals surface area contributed by atoms with Crippen molar-refractivity contribution in [1.29, 1.82) is 0 Å². The van der Waals surface area contributed by atoms with Gasteiger partial charge in [0.2, 0.25) is 0 Å². The van der Waals surface area contributed by atoms with E-state index in [0.29, 0.717) is 12.6 Å². The minimum absolute atomic E-state index is 0.415. The van der Waals surface area contributed by atoms with Crippen LogP contribution in [0.25, 0.3) is 0 Å². The number of anilines is 1. The van der Waals surface area contributed by atoms with Gasteiger partial charge >= 0.3 is 0 Å². The molecule has 2 heterocycles. The average molecular weight is 449 g/mol. The van der Waals surface area contributed by atoms with Crippen LogP contribution in [-0.4, -0.2) is 74.7 Å². The normalized spacial score (nSPS) is 20.6. The standard InChI is InChI=1S/C27H40N6/c1-3-28-27(30-25-14-17-33(22-25)26-8-5-4-6-9-26)29-20-23-10-12-24(13-11-23)21-32-16-7-15-31(2)18-19-32/h4-6,8-13,25H,3,7,14-22H2,1-2H3,(H2,28,29,30). The van der Waals surface area contributed by atoms with Gasteiger partial charge in [0.15, 0.2) is 5.96 Å². The van der Waals surface area contributed by atoms with Gasteiger partial charge in [-0.25, -0.2) is 4.99 Å². The van der Waals surface area contributed by atoms with Gasteiger partial charge in [0.05, 0.1) is 6.54 Å². The number of aliphatic imine (C=N–C) groups is 1. The van der Waals surface area contributed by atoms with Crippen LogP contribution in [0.2, 0.25) is 0 Å². The summed E-state index contributed by atoms with van der Waals surface area (Å²) in [5.41, 5.74) is 3.95. The predicted molar refractivity (Wildman–Crippen MR) is 139 cm³/mol. The van der Waals surface area contributed by atoms with Crippen LogP contribution in [0, 0.1) is 0 Å². The van der Waals surface area contributed by atoms with Gasteiger partial charge in [0.25, 0.3) is 0 Å². The molecule has 33 heavy (non-hydrogen) atoms. The van der Waals surface area contributed by atoms with E-state index in [0.717, 1.165) is 51.6 Å². The van der Waals surface area contributed by atoms with E-state index < -0.39 is 0 Å². The zero-order valence-electron chi connectivity index (χ0n) is 20.3. The molecule has 1 unspecified atom stereocenters. The third-order valence-corrected chi connectivity index (χ3v) is 6.66. The summed E-state index contributed by atoms with van der Waals surface area (Å²) in [6.07, 6.45) is 2.38. The molecule has 2 aliphatic heterocycles. The monoisotopic (exact) mass is 448 g/mol. The molecule has 6 nitrogen and oxygen atoms in total. The van der Waals surface area contributed by atoms with E-state index in [-0.39, 0.29) is 0 Å². The molecule has 6 heteroatoms. The molecular weight excluding hydrogens is 408 g/mol. The summed E-state index contributed by atoms with van der Waals surface area (Å²) in [6.45, 7) is 11.5. The van der Waals surface area contributed by atoms with Crippen molar-refractivity contribution in [3.8, 4) is 0 Å². The van der Waals surface area contributed by atoms with Gasteiger partial charge in [-0.15, -0.1) is 0 Å². The van der Waals surface area contributed by atoms with Gasteiger partial charge in [-0.2, -0.15) is 0 Å². The second kappa shape index (κ2) is 12.1. The van der Waals surface area contributed by atoms with E-state index in [1.54, 1.807) is 0 Å². The Balaban J connectivity index is 1.28.